The number of carbonyl (C=O) groups excluding carboxylic acids is 1. The highest BCUT2D eigenvalue weighted by atomic mass is 16.1. The lowest BCUT2D eigenvalue weighted by Gasteiger charge is -2.37. The van der Waals surface area contributed by atoms with E-state index in [2.05, 4.69) is 19.8 Å². The molecule has 0 amide bonds. The Kier molecular flexibility index (Phi) is 3.75. The number of ketones is 1. The third kappa shape index (κ3) is 2.61. The molecule has 0 bridgehead atoms. The van der Waals surface area contributed by atoms with Crippen LogP contribution in [0, 0.1) is 23.7 Å². The second-order valence-electron chi connectivity index (χ2n) is 4.96. The molecule has 0 heterocycles. The molecule has 78 valence electrons. The van der Waals surface area contributed by atoms with Crippen LogP contribution in [-0.4, -0.2) is 5.78 Å². The topological polar surface area (TPSA) is 17.1 Å². The first kappa shape index (κ1) is 11.3. The maximum atomic E-state index is 11.9. The van der Waals surface area contributed by atoms with E-state index < -0.39 is 0 Å². The minimum Gasteiger partial charge on any atom is -0.299 e. The molecule has 0 radical (unpaired) electrons. The fourth-order valence-corrected chi connectivity index (χ4v) is 2.46. The van der Waals surface area contributed by atoms with Crippen molar-refractivity contribution in [3.63, 3.8) is 0 Å². The molecule has 0 aromatic rings. The lowest BCUT2D eigenvalue weighted by atomic mass is 9.66. The summed E-state index contributed by atoms with van der Waals surface area (Å²) in [6.45, 7) is 4.43. The van der Waals surface area contributed by atoms with E-state index >= 15 is 0 Å². The van der Waals surface area contributed by atoms with Gasteiger partial charge in [0.1, 0.15) is 5.78 Å². The van der Waals surface area contributed by atoms with Crippen molar-refractivity contribution in [2.24, 2.45) is 11.3 Å². The largest absolute Gasteiger partial charge is 0.299 e. The summed E-state index contributed by atoms with van der Waals surface area (Å²) in [6, 6.07) is 0. The number of hydrogen-bond acceptors (Lipinski definition) is 1. The summed E-state index contributed by atoms with van der Waals surface area (Å²) in [7, 11) is 0. The Morgan fingerprint density at radius 1 is 1.50 bits per heavy atom. The summed E-state index contributed by atoms with van der Waals surface area (Å²) in [4.78, 5) is 11.9. The molecule has 0 aromatic carbocycles. The van der Waals surface area contributed by atoms with Gasteiger partial charge in [0.05, 0.1) is 0 Å². The monoisotopic (exact) mass is 192 g/mol. The minimum atomic E-state index is 0.198. The van der Waals surface area contributed by atoms with Crippen LogP contribution < -0.4 is 0 Å². The van der Waals surface area contributed by atoms with Crippen LogP contribution in [0.4, 0.5) is 0 Å². The van der Waals surface area contributed by atoms with E-state index in [1.165, 1.54) is 19.3 Å². The third-order valence-electron chi connectivity index (χ3n) is 3.41. The maximum Gasteiger partial charge on any atom is 0.137 e. The van der Waals surface area contributed by atoms with Crippen molar-refractivity contribution in [3.8, 4) is 12.3 Å². The van der Waals surface area contributed by atoms with Gasteiger partial charge < -0.3 is 0 Å². The van der Waals surface area contributed by atoms with Gasteiger partial charge in [0.2, 0.25) is 0 Å². The number of carbonyl (C=O) groups is 1. The Hall–Kier alpha value is -0.770. The van der Waals surface area contributed by atoms with E-state index in [0.29, 0.717) is 18.6 Å². The first-order chi connectivity index (χ1) is 6.58. The third-order valence-corrected chi connectivity index (χ3v) is 3.41. The summed E-state index contributed by atoms with van der Waals surface area (Å²) < 4.78 is 0. The van der Waals surface area contributed by atoms with Crippen molar-refractivity contribution in [2.75, 3.05) is 0 Å². The number of terminal acetylenes is 1. The fourth-order valence-electron chi connectivity index (χ4n) is 2.46. The van der Waals surface area contributed by atoms with Crippen LogP contribution in [0.3, 0.4) is 0 Å². The van der Waals surface area contributed by atoms with Gasteiger partial charge in [0.15, 0.2) is 0 Å². The van der Waals surface area contributed by atoms with E-state index in [1.54, 1.807) is 0 Å². The van der Waals surface area contributed by atoms with Crippen molar-refractivity contribution < 1.29 is 4.79 Å². The zero-order valence-electron chi connectivity index (χ0n) is 9.31. The van der Waals surface area contributed by atoms with Crippen LogP contribution in [0.5, 0.6) is 0 Å². The molecule has 1 saturated carbocycles. The lowest BCUT2D eigenvalue weighted by molar-refractivity contribution is -0.127. The van der Waals surface area contributed by atoms with Crippen LogP contribution in [0.1, 0.15) is 52.4 Å². The van der Waals surface area contributed by atoms with Crippen molar-refractivity contribution in [3.05, 3.63) is 0 Å². The molecule has 0 N–H and O–H groups in total. The van der Waals surface area contributed by atoms with Crippen molar-refractivity contribution in [1.29, 1.82) is 0 Å². The van der Waals surface area contributed by atoms with Crippen molar-refractivity contribution in [2.45, 2.75) is 52.4 Å². The van der Waals surface area contributed by atoms with E-state index in [1.807, 2.05) is 0 Å². The Labute approximate surface area is 87.3 Å². The highest BCUT2D eigenvalue weighted by Crippen LogP contribution is 2.41. The summed E-state index contributed by atoms with van der Waals surface area (Å²) in [5, 5.41) is 0. The molecular formula is C13H20O. The highest BCUT2D eigenvalue weighted by Gasteiger charge is 2.36. The molecule has 1 heteroatoms. The zero-order chi connectivity index (χ0) is 10.6. The van der Waals surface area contributed by atoms with Gasteiger partial charge in [-0.2, -0.15) is 0 Å². The fraction of sp³-hybridized carbons (Fsp3) is 0.769. The van der Waals surface area contributed by atoms with Gasteiger partial charge in [-0.05, 0) is 18.3 Å². The second kappa shape index (κ2) is 4.64. The van der Waals surface area contributed by atoms with Gasteiger partial charge in [-0.3, -0.25) is 4.79 Å². The molecule has 1 fully saturated rings. The minimum absolute atomic E-state index is 0.198. The van der Waals surface area contributed by atoms with Crippen LogP contribution in [-0.2, 0) is 4.79 Å². The predicted octanol–water partition coefficient (Wildman–Crippen LogP) is 3.19. The van der Waals surface area contributed by atoms with E-state index in [4.69, 9.17) is 6.42 Å². The molecule has 0 spiro atoms. The highest BCUT2D eigenvalue weighted by molar-refractivity contribution is 5.82. The van der Waals surface area contributed by atoms with Gasteiger partial charge in [0, 0.05) is 18.8 Å². The molecule has 14 heavy (non-hydrogen) atoms. The van der Waals surface area contributed by atoms with Crippen LogP contribution in [0.15, 0.2) is 0 Å². The van der Waals surface area contributed by atoms with Gasteiger partial charge >= 0.3 is 0 Å². The summed E-state index contributed by atoms with van der Waals surface area (Å²) >= 11 is 0. The summed E-state index contributed by atoms with van der Waals surface area (Å²) in [5.41, 5.74) is 0.198. The summed E-state index contributed by atoms with van der Waals surface area (Å²) in [5.74, 6) is 3.18. The standard InChI is InChI=1S/C13H20O/c1-4-5-9-12(14)11-8-6-7-10-13(11,2)3/h1,11H,5-10H2,2-3H3. The van der Waals surface area contributed by atoms with Gasteiger partial charge in [0.25, 0.3) is 0 Å². The average molecular weight is 192 g/mol. The molecular weight excluding hydrogens is 172 g/mol. The quantitative estimate of drug-likeness (QED) is 0.628. The molecule has 1 unspecified atom stereocenters. The molecule has 0 saturated heterocycles. The smallest absolute Gasteiger partial charge is 0.137 e. The Balaban J connectivity index is 2.56. The first-order valence-corrected chi connectivity index (χ1v) is 5.54. The first-order valence-electron chi connectivity index (χ1n) is 5.54. The Bertz CT molecular complexity index is 244. The molecule has 1 aliphatic rings. The zero-order valence-corrected chi connectivity index (χ0v) is 9.31. The van der Waals surface area contributed by atoms with Gasteiger partial charge in [-0.1, -0.05) is 26.7 Å². The van der Waals surface area contributed by atoms with Crippen LogP contribution >= 0.6 is 0 Å². The van der Waals surface area contributed by atoms with Crippen LogP contribution in [0.25, 0.3) is 0 Å². The van der Waals surface area contributed by atoms with Crippen LogP contribution in [0.2, 0.25) is 0 Å². The van der Waals surface area contributed by atoms with E-state index in [-0.39, 0.29) is 11.3 Å². The predicted molar refractivity (Wildman–Crippen MR) is 58.8 cm³/mol. The maximum absolute atomic E-state index is 11.9. The van der Waals surface area contributed by atoms with E-state index in [9.17, 15) is 4.79 Å². The molecule has 0 aliphatic heterocycles. The van der Waals surface area contributed by atoms with Gasteiger partial charge in [-0.15, -0.1) is 12.3 Å². The number of hydrogen-bond donors (Lipinski definition) is 0. The summed E-state index contributed by atoms with van der Waals surface area (Å²) in [6.07, 6.45) is 11.1. The van der Waals surface area contributed by atoms with Crippen molar-refractivity contribution >= 4 is 5.78 Å². The molecule has 1 atom stereocenters. The van der Waals surface area contributed by atoms with E-state index in [0.717, 1.165) is 6.42 Å². The second-order valence-corrected chi connectivity index (χ2v) is 4.96. The Morgan fingerprint density at radius 2 is 2.21 bits per heavy atom. The number of Topliss-reactive ketones (excluding diaryl/α,β-unsaturated/α-hetero) is 1. The molecule has 1 rings (SSSR count). The van der Waals surface area contributed by atoms with Gasteiger partial charge in [-0.25, -0.2) is 0 Å². The molecule has 1 aliphatic carbocycles. The average Bonchev–Trinajstić information content (AvgIpc) is 2.13. The lowest BCUT2D eigenvalue weighted by Crippen LogP contribution is -2.33. The SMILES string of the molecule is C#CCCC(=O)C1CCCCC1(C)C. The van der Waals surface area contributed by atoms with Crippen molar-refractivity contribution in [1.82, 2.24) is 0 Å². The molecule has 0 aromatic heterocycles. The molecule has 1 nitrogen and oxygen atoms in total. The number of rotatable bonds is 3. The Morgan fingerprint density at radius 3 is 2.79 bits per heavy atom. The normalized spacial score (nSPS) is 25.4.